The molecule has 2 heterocycles. The highest BCUT2D eigenvalue weighted by Gasteiger charge is 2.20. The number of aromatic nitrogens is 1. The van der Waals surface area contributed by atoms with Gasteiger partial charge in [0.25, 0.3) is 0 Å². The van der Waals surface area contributed by atoms with Crippen LogP contribution in [0.3, 0.4) is 0 Å². The number of piperazine rings is 1. The van der Waals surface area contributed by atoms with E-state index in [1.54, 1.807) is 26.4 Å². The average molecular weight is 382 g/mol. The molecule has 4 rings (SSSR count). The van der Waals surface area contributed by atoms with Crippen molar-refractivity contribution in [3.8, 4) is 11.5 Å². The first-order valence-electron chi connectivity index (χ1n) is 9.36. The van der Waals surface area contributed by atoms with Gasteiger partial charge in [0.05, 0.1) is 42.0 Å². The lowest BCUT2D eigenvalue weighted by Gasteiger charge is -2.35. The number of aryl methyl sites for hydroxylation is 1. The number of fused-ring (bicyclic) bond motifs is 2. The quantitative estimate of drug-likeness (QED) is 0.552. The Morgan fingerprint density at radius 3 is 2.29 bits per heavy atom. The Kier molecular flexibility index (Phi) is 4.55. The summed E-state index contributed by atoms with van der Waals surface area (Å²) < 4.78 is 12.9. The van der Waals surface area contributed by atoms with E-state index in [4.69, 9.17) is 15.2 Å². The van der Waals surface area contributed by atoms with Crippen molar-refractivity contribution in [1.29, 1.82) is 0 Å². The highest BCUT2D eigenvalue weighted by Crippen LogP contribution is 2.34. The lowest BCUT2D eigenvalue weighted by molar-refractivity contribution is 0.313. The second kappa shape index (κ2) is 6.91. The summed E-state index contributed by atoms with van der Waals surface area (Å²) >= 11 is 0. The maximum absolute atomic E-state index is 13.3. The van der Waals surface area contributed by atoms with Crippen LogP contribution in [0, 0.1) is 0 Å². The van der Waals surface area contributed by atoms with E-state index in [1.165, 1.54) is 0 Å². The number of ether oxygens (including phenoxy) is 2. The van der Waals surface area contributed by atoms with Crippen molar-refractivity contribution >= 4 is 33.2 Å². The number of hydrogen-bond donors (Lipinski definition) is 1. The predicted molar refractivity (Wildman–Crippen MR) is 114 cm³/mol. The molecule has 1 aromatic heterocycles. The van der Waals surface area contributed by atoms with Crippen LogP contribution in [0.1, 0.15) is 0 Å². The molecule has 0 radical (unpaired) electrons. The molecule has 7 nitrogen and oxygen atoms in total. The molecule has 0 saturated carbocycles. The summed E-state index contributed by atoms with van der Waals surface area (Å²) in [6.07, 6.45) is 0. The third-order valence-corrected chi connectivity index (χ3v) is 5.69. The molecule has 148 valence electrons. The van der Waals surface area contributed by atoms with Crippen LogP contribution >= 0.6 is 0 Å². The summed E-state index contributed by atoms with van der Waals surface area (Å²) in [5.74, 6) is 1.15. The molecule has 1 aliphatic heterocycles. The van der Waals surface area contributed by atoms with E-state index in [9.17, 15) is 4.79 Å². The first-order chi connectivity index (χ1) is 13.4. The van der Waals surface area contributed by atoms with Crippen molar-refractivity contribution in [2.75, 3.05) is 58.1 Å². The summed E-state index contributed by atoms with van der Waals surface area (Å²) in [5.41, 5.74) is 9.51. The molecule has 0 unspecified atom stereocenters. The first-order valence-corrected chi connectivity index (χ1v) is 9.36. The molecular formula is C21H26N4O3. The van der Waals surface area contributed by atoms with E-state index in [-0.39, 0.29) is 5.43 Å². The van der Waals surface area contributed by atoms with E-state index < -0.39 is 0 Å². The highest BCUT2D eigenvalue weighted by molar-refractivity contribution is 6.00. The second-order valence-electron chi connectivity index (χ2n) is 7.33. The first kappa shape index (κ1) is 18.4. The van der Waals surface area contributed by atoms with Crippen molar-refractivity contribution in [3.05, 3.63) is 34.5 Å². The Morgan fingerprint density at radius 2 is 1.64 bits per heavy atom. The van der Waals surface area contributed by atoms with E-state index >= 15 is 0 Å². The lowest BCUT2D eigenvalue weighted by atomic mass is 10.1. The fraction of sp³-hybridized carbons (Fsp3) is 0.381. The molecule has 1 fully saturated rings. The van der Waals surface area contributed by atoms with Gasteiger partial charge in [-0.15, -0.1) is 0 Å². The normalized spacial score (nSPS) is 15.4. The third-order valence-electron chi connectivity index (χ3n) is 5.69. The maximum atomic E-state index is 13.3. The molecule has 28 heavy (non-hydrogen) atoms. The van der Waals surface area contributed by atoms with Gasteiger partial charge in [-0.1, -0.05) is 0 Å². The fourth-order valence-electron chi connectivity index (χ4n) is 3.99. The van der Waals surface area contributed by atoms with Gasteiger partial charge in [0.1, 0.15) is 11.5 Å². The van der Waals surface area contributed by atoms with Gasteiger partial charge in [0.2, 0.25) is 5.43 Å². The average Bonchev–Trinajstić information content (AvgIpc) is 2.71. The smallest absolute Gasteiger partial charge is 0.201 e. The van der Waals surface area contributed by atoms with E-state index in [0.29, 0.717) is 28.0 Å². The van der Waals surface area contributed by atoms with Crippen LogP contribution in [-0.2, 0) is 7.05 Å². The van der Waals surface area contributed by atoms with Gasteiger partial charge in [-0.25, -0.2) is 0 Å². The number of hydrogen-bond acceptors (Lipinski definition) is 6. The van der Waals surface area contributed by atoms with Crippen LogP contribution < -0.4 is 25.5 Å². The van der Waals surface area contributed by atoms with Crippen LogP contribution in [0.25, 0.3) is 21.8 Å². The van der Waals surface area contributed by atoms with Crippen molar-refractivity contribution in [3.63, 3.8) is 0 Å². The molecule has 0 amide bonds. The zero-order chi connectivity index (χ0) is 20.0. The van der Waals surface area contributed by atoms with Gasteiger partial charge in [-0.3, -0.25) is 4.79 Å². The lowest BCUT2D eigenvalue weighted by Crippen LogP contribution is -2.44. The van der Waals surface area contributed by atoms with Gasteiger partial charge in [0.15, 0.2) is 0 Å². The number of pyridine rings is 1. The zero-order valence-corrected chi connectivity index (χ0v) is 16.8. The number of nitrogens with two attached hydrogens (primary N) is 1. The molecule has 0 spiro atoms. The predicted octanol–water partition coefficient (Wildman–Crippen LogP) is 2.04. The number of nitrogens with zero attached hydrogens (tertiary/aromatic N) is 3. The van der Waals surface area contributed by atoms with Gasteiger partial charge < -0.3 is 29.6 Å². The molecule has 0 atom stereocenters. The van der Waals surface area contributed by atoms with Crippen LogP contribution in [0.15, 0.2) is 29.1 Å². The molecule has 3 aromatic rings. The Labute approximate surface area is 163 Å². The fourth-order valence-corrected chi connectivity index (χ4v) is 3.99. The molecule has 1 aliphatic rings. The summed E-state index contributed by atoms with van der Waals surface area (Å²) in [5, 5.41) is 1.12. The standard InChI is InChI=1S/C21H26N4O3/c1-23-5-7-25(8-6-23)17-12-16-14(11-15(17)22)21(26)20-18(24(16)2)9-13(27-3)10-19(20)28-4/h9-12H,5-8,22H2,1-4H3. The summed E-state index contributed by atoms with van der Waals surface area (Å²) in [6, 6.07) is 7.43. The number of anilines is 2. The maximum Gasteiger partial charge on any atom is 0.201 e. The SMILES string of the molecule is COc1cc(OC)c2c(=O)c3cc(N)c(N4CCN(C)CC4)cc3n(C)c2c1. The molecule has 0 bridgehead atoms. The van der Waals surface area contributed by atoms with Crippen LogP contribution in [0.2, 0.25) is 0 Å². The van der Waals surface area contributed by atoms with Crippen molar-refractivity contribution < 1.29 is 9.47 Å². The number of likely N-dealkylation sites (N-methyl/N-ethyl adjacent to an activating group) is 1. The van der Waals surface area contributed by atoms with Gasteiger partial charge in [0, 0.05) is 50.7 Å². The summed E-state index contributed by atoms with van der Waals surface area (Å²) in [7, 11) is 7.24. The van der Waals surface area contributed by atoms with E-state index in [2.05, 4.69) is 16.8 Å². The van der Waals surface area contributed by atoms with Gasteiger partial charge in [-0.2, -0.15) is 0 Å². The summed E-state index contributed by atoms with van der Waals surface area (Å²) in [6.45, 7) is 3.80. The van der Waals surface area contributed by atoms with Crippen molar-refractivity contribution in [2.45, 2.75) is 0 Å². The summed E-state index contributed by atoms with van der Waals surface area (Å²) in [4.78, 5) is 17.9. The molecule has 0 aliphatic carbocycles. The van der Waals surface area contributed by atoms with Gasteiger partial charge in [-0.05, 0) is 19.2 Å². The Morgan fingerprint density at radius 1 is 0.929 bits per heavy atom. The Bertz CT molecular complexity index is 1110. The van der Waals surface area contributed by atoms with Crippen LogP contribution in [0.4, 0.5) is 11.4 Å². The largest absolute Gasteiger partial charge is 0.497 e. The van der Waals surface area contributed by atoms with Crippen molar-refractivity contribution in [2.24, 2.45) is 7.05 Å². The minimum Gasteiger partial charge on any atom is -0.497 e. The highest BCUT2D eigenvalue weighted by atomic mass is 16.5. The number of benzene rings is 2. The van der Waals surface area contributed by atoms with Crippen LogP contribution in [-0.4, -0.2) is 56.9 Å². The minimum absolute atomic E-state index is 0.0840. The zero-order valence-electron chi connectivity index (χ0n) is 16.8. The molecule has 1 saturated heterocycles. The van der Waals surface area contributed by atoms with Crippen molar-refractivity contribution in [1.82, 2.24) is 9.47 Å². The topological polar surface area (TPSA) is 73.0 Å². The third kappa shape index (κ3) is 2.82. The second-order valence-corrected chi connectivity index (χ2v) is 7.33. The molecular weight excluding hydrogens is 356 g/mol. The van der Waals surface area contributed by atoms with E-state index in [0.717, 1.165) is 42.9 Å². The minimum atomic E-state index is -0.0840. The van der Waals surface area contributed by atoms with E-state index in [1.807, 2.05) is 23.7 Å². The number of methoxy groups -OCH3 is 2. The molecule has 2 aromatic carbocycles. The van der Waals surface area contributed by atoms with Crippen LogP contribution in [0.5, 0.6) is 11.5 Å². The van der Waals surface area contributed by atoms with Gasteiger partial charge >= 0.3 is 0 Å². The Hall–Kier alpha value is -2.93. The number of nitrogen functional groups attached to an aromatic ring is 1. The molecule has 2 N–H and O–H groups in total. The number of rotatable bonds is 3. The molecule has 7 heteroatoms. The Balaban J connectivity index is 2.00. The monoisotopic (exact) mass is 382 g/mol.